The van der Waals surface area contributed by atoms with Gasteiger partial charge in [-0.15, -0.1) is 0 Å². The van der Waals surface area contributed by atoms with Gasteiger partial charge in [-0.1, -0.05) is 23.7 Å². The van der Waals surface area contributed by atoms with Crippen LogP contribution in [-0.2, 0) is 13.0 Å². The molecule has 0 unspecified atom stereocenters. The number of aliphatic hydroxyl groups excluding tert-OH is 1. The number of ether oxygens (including phenoxy) is 2. The van der Waals surface area contributed by atoms with Crippen molar-refractivity contribution in [2.24, 2.45) is 0 Å². The molecule has 2 aromatic rings. The van der Waals surface area contributed by atoms with Crippen molar-refractivity contribution in [3.8, 4) is 11.5 Å². The lowest BCUT2D eigenvalue weighted by Gasteiger charge is -2.11. The van der Waals surface area contributed by atoms with E-state index in [0.29, 0.717) is 18.2 Å². The van der Waals surface area contributed by atoms with Crippen molar-refractivity contribution in [1.82, 2.24) is 0 Å². The third-order valence-corrected chi connectivity index (χ3v) is 3.80. The van der Waals surface area contributed by atoms with Crippen LogP contribution in [0.5, 0.6) is 11.5 Å². The fourth-order valence-electron chi connectivity index (χ4n) is 2.46. The fourth-order valence-corrected chi connectivity index (χ4v) is 2.72. The summed E-state index contributed by atoms with van der Waals surface area (Å²) < 4.78 is 11.4. The molecule has 1 heterocycles. The Kier molecular flexibility index (Phi) is 4.04. The van der Waals surface area contributed by atoms with Gasteiger partial charge >= 0.3 is 0 Å². The van der Waals surface area contributed by atoms with Crippen LogP contribution in [0, 0.1) is 0 Å². The average molecular weight is 305 g/mol. The summed E-state index contributed by atoms with van der Waals surface area (Å²) in [5.74, 6) is 1.66. The van der Waals surface area contributed by atoms with Crippen molar-refractivity contribution in [2.75, 3.05) is 6.61 Å². The zero-order valence-electron chi connectivity index (χ0n) is 11.8. The highest BCUT2D eigenvalue weighted by Crippen LogP contribution is 2.33. The molecular formula is C17H17ClO3. The molecule has 0 saturated carbocycles. The van der Waals surface area contributed by atoms with Gasteiger partial charge in [0.25, 0.3) is 0 Å². The zero-order valence-corrected chi connectivity index (χ0v) is 12.6. The maximum absolute atomic E-state index is 9.49. The second-order valence-corrected chi connectivity index (χ2v) is 5.62. The molecule has 0 aromatic heterocycles. The van der Waals surface area contributed by atoms with Crippen LogP contribution in [0.3, 0.4) is 0 Å². The van der Waals surface area contributed by atoms with Gasteiger partial charge in [0.15, 0.2) is 0 Å². The lowest BCUT2D eigenvalue weighted by molar-refractivity contribution is 0.199. The Balaban J connectivity index is 1.73. The Morgan fingerprint density at radius 2 is 2.05 bits per heavy atom. The Bertz CT molecular complexity index is 635. The molecule has 4 heteroatoms. The average Bonchev–Trinajstić information content (AvgIpc) is 2.93. The number of hydrogen-bond acceptors (Lipinski definition) is 3. The number of halogens is 1. The number of benzene rings is 2. The molecule has 1 N–H and O–H groups in total. The minimum absolute atomic E-state index is 0.414. The van der Waals surface area contributed by atoms with Crippen molar-refractivity contribution >= 4 is 11.6 Å². The van der Waals surface area contributed by atoms with Gasteiger partial charge in [0, 0.05) is 17.0 Å². The Morgan fingerprint density at radius 3 is 2.76 bits per heavy atom. The first-order valence-corrected chi connectivity index (χ1v) is 7.36. The summed E-state index contributed by atoms with van der Waals surface area (Å²) in [5, 5.41) is 10.2. The van der Waals surface area contributed by atoms with E-state index in [-0.39, 0.29) is 0 Å². The second kappa shape index (κ2) is 5.96. The van der Waals surface area contributed by atoms with Gasteiger partial charge in [0.05, 0.1) is 12.7 Å². The molecule has 110 valence electrons. The lowest BCUT2D eigenvalue weighted by Crippen LogP contribution is -1.99. The molecule has 0 amide bonds. The second-order valence-electron chi connectivity index (χ2n) is 5.19. The van der Waals surface area contributed by atoms with E-state index in [4.69, 9.17) is 21.1 Å². The van der Waals surface area contributed by atoms with Crippen molar-refractivity contribution in [3.05, 3.63) is 58.1 Å². The monoisotopic (exact) mass is 304 g/mol. The van der Waals surface area contributed by atoms with Gasteiger partial charge in [0.2, 0.25) is 0 Å². The van der Waals surface area contributed by atoms with Crippen LogP contribution in [0.4, 0.5) is 0 Å². The largest absolute Gasteiger partial charge is 0.493 e. The molecule has 1 aliphatic heterocycles. The van der Waals surface area contributed by atoms with Crippen molar-refractivity contribution in [1.29, 1.82) is 0 Å². The van der Waals surface area contributed by atoms with Gasteiger partial charge in [-0.05, 0) is 42.3 Å². The SMILES string of the molecule is C[C@H](O)c1ccc(OCc2cc(Cl)cc3c2OCC3)cc1. The molecule has 0 bridgehead atoms. The highest BCUT2D eigenvalue weighted by atomic mass is 35.5. The van der Waals surface area contributed by atoms with Gasteiger partial charge < -0.3 is 14.6 Å². The smallest absolute Gasteiger partial charge is 0.129 e. The highest BCUT2D eigenvalue weighted by molar-refractivity contribution is 6.30. The first-order valence-electron chi connectivity index (χ1n) is 6.98. The first kappa shape index (κ1) is 14.2. The zero-order chi connectivity index (χ0) is 14.8. The first-order chi connectivity index (χ1) is 10.1. The van der Waals surface area contributed by atoms with E-state index in [9.17, 15) is 5.11 Å². The molecule has 0 aliphatic carbocycles. The van der Waals surface area contributed by atoms with Gasteiger partial charge in [-0.3, -0.25) is 0 Å². The summed E-state index contributed by atoms with van der Waals surface area (Å²) in [7, 11) is 0. The topological polar surface area (TPSA) is 38.7 Å². The number of aliphatic hydroxyl groups is 1. The van der Waals surface area contributed by atoms with Crippen LogP contribution in [-0.4, -0.2) is 11.7 Å². The summed E-state index contributed by atoms with van der Waals surface area (Å²) in [5.41, 5.74) is 2.98. The van der Waals surface area contributed by atoms with Crippen LogP contribution >= 0.6 is 11.6 Å². The predicted molar refractivity (Wildman–Crippen MR) is 82.1 cm³/mol. The number of fused-ring (bicyclic) bond motifs is 1. The molecular weight excluding hydrogens is 288 g/mol. The molecule has 0 spiro atoms. The molecule has 0 fully saturated rings. The minimum Gasteiger partial charge on any atom is -0.493 e. The van der Waals surface area contributed by atoms with E-state index in [1.807, 2.05) is 36.4 Å². The van der Waals surface area contributed by atoms with E-state index in [1.165, 1.54) is 0 Å². The van der Waals surface area contributed by atoms with Gasteiger partial charge in [-0.2, -0.15) is 0 Å². The van der Waals surface area contributed by atoms with Gasteiger partial charge in [-0.25, -0.2) is 0 Å². The summed E-state index contributed by atoms with van der Waals surface area (Å²) >= 11 is 6.13. The van der Waals surface area contributed by atoms with Crippen LogP contribution in [0.25, 0.3) is 0 Å². The number of rotatable bonds is 4. The maximum Gasteiger partial charge on any atom is 0.129 e. The minimum atomic E-state index is -0.469. The summed E-state index contributed by atoms with van der Waals surface area (Å²) in [6.45, 7) is 2.85. The van der Waals surface area contributed by atoms with Crippen LogP contribution in [0.2, 0.25) is 5.02 Å². The van der Waals surface area contributed by atoms with Gasteiger partial charge in [0.1, 0.15) is 18.1 Å². The summed E-state index contributed by atoms with van der Waals surface area (Å²) in [6.07, 6.45) is 0.426. The fraction of sp³-hybridized carbons (Fsp3) is 0.294. The van der Waals surface area contributed by atoms with E-state index in [0.717, 1.165) is 34.6 Å². The van der Waals surface area contributed by atoms with Crippen LogP contribution in [0.1, 0.15) is 29.7 Å². The maximum atomic E-state index is 9.49. The van der Waals surface area contributed by atoms with Crippen LogP contribution in [0.15, 0.2) is 36.4 Å². The molecule has 2 aromatic carbocycles. The quantitative estimate of drug-likeness (QED) is 0.931. The van der Waals surface area contributed by atoms with Crippen LogP contribution < -0.4 is 9.47 Å². The Hall–Kier alpha value is -1.71. The summed E-state index contributed by atoms with van der Waals surface area (Å²) in [4.78, 5) is 0. The molecule has 1 atom stereocenters. The number of hydrogen-bond donors (Lipinski definition) is 1. The standard InChI is InChI=1S/C17H17ClO3/c1-11(19)12-2-4-16(5-3-12)21-10-14-9-15(18)8-13-6-7-20-17(13)14/h2-5,8-9,11,19H,6-7,10H2,1H3/t11-/m0/s1. The Labute approximate surface area is 129 Å². The van der Waals surface area contributed by atoms with E-state index in [2.05, 4.69) is 0 Å². The lowest BCUT2D eigenvalue weighted by atomic mass is 10.1. The molecule has 0 radical (unpaired) electrons. The van der Waals surface area contributed by atoms with E-state index >= 15 is 0 Å². The van der Waals surface area contributed by atoms with E-state index < -0.39 is 6.10 Å². The normalized spacial score (nSPS) is 14.4. The van der Waals surface area contributed by atoms with Crippen molar-refractivity contribution in [2.45, 2.75) is 26.1 Å². The Morgan fingerprint density at radius 1 is 1.29 bits per heavy atom. The van der Waals surface area contributed by atoms with E-state index in [1.54, 1.807) is 6.92 Å². The van der Waals surface area contributed by atoms with Crippen molar-refractivity contribution < 1.29 is 14.6 Å². The third kappa shape index (κ3) is 3.14. The summed E-state index contributed by atoms with van der Waals surface area (Å²) in [6, 6.07) is 11.3. The molecule has 3 rings (SSSR count). The molecule has 21 heavy (non-hydrogen) atoms. The van der Waals surface area contributed by atoms with Crippen molar-refractivity contribution in [3.63, 3.8) is 0 Å². The highest BCUT2D eigenvalue weighted by Gasteiger charge is 2.17. The predicted octanol–water partition coefficient (Wildman–Crippen LogP) is 3.91. The molecule has 1 aliphatic rings. The third-order valence-electron chi connectivity index (χ3n) is 3.58. The molecule has 0 saturated heterocycles. The molecule has 3 nitrogen and oxygen atoms in total.